The van der Waals surface area contributed by atoms with Gasteiger partial charge in [0.15, 0.2) is 5.60 Å². The van der Waals surface area contributed by atoms with Crippen molar-refractivity contribution in [2.24, 2.45) is 11.3 Å². The Balaban J connectivity index is 2.18. The predicted molar refractivity (Wildman–Crippen MR) is 113 cm³/mol. The van der Waals surface area contributed by atoms with Gasteiger partial charge in [-0.05, 0) is 57.6 Å². The Morgan fingerprint density at radius 1 is 1.29 bits per heavy atom. The topological polar surface area (TPSA) is 105 Å². The van der Waals surface area contributed by atoms with Crippen molar-refractivity contribution in [2.75, 3.05) is 13.2 Å². The van der Waals surface area contributed by atoms with Crippen molar-refractivity contribution in [1.82, 2.24) is 0 Å². The van der Waals surface area contributed by atoms with Crippen LogP contribution in [0, 0.1) is 11.3 Å². The quantitative estimate of drug-likeness (QED) is 0.566. The van der Waals surface area contributed by atoms with Gasteiger partial charge in [0.2, 0.25) is 5.60 Å². The van der Waals surface area contributed by atoms with Crippen LogP contribution in [0.3, 0.4) is 0 Å². The van der Waals surface area contributed by atoms with Crippen LogP contribution >= 0.6 is 0 Å². The van der Waals surface area contributed by atoms with E-state index in [-0.39, 0.29) is 12.3 Å². The molecule has 0 amide bonds. The third-order valence-electron chi connectivity index (χ3n) is 8.88. The van der Waals surface area contributed by atoms with Gasteiger partial charge in [-0.3, -0.25) is 4.79 Å². The Hall–Kier alpha value is -1.25. The fraction of sp³-hybridized carbons (Fsp3) is 0.792. The molecule has 3 fully saturated rings. The molecule has 0 aromatic carbocycles. The molecule has 0 radical (unpaired) electrons. The number of esters is 1. The first-order valence-corrected chi connectivity index (χ1v) is 11.3. The molecule has 7 heteroatoms. The molecule has 8 atom stereocenters. The highest BCUT2D eigenvalue weighted by atomic mass is 16.6. The number of hydrogen-bond acceptors (Lipinski definition) is 7. The first kappa shape index (κ1) is 22.9. The third-order valence-corrected chi connectivity index (χ3v) is 8.88. The lowest BCUT2D eigenvalue weighted by Crippen LogP contribution is -2.78. The number of fused-ring (bicyclic) bond motifs is 2. The van der Waals surface area contributed by atoms with Crippen LogP contribution in [-0.2, 0) is 19.0 Å². The van der Waals surface area contributed by atoms with Gasteiger partial charge >= 0.3 is 5.97 Å². The smallest absolute Gasteiger partial charge is 0.307 e. The van der Waals surface area contributed by atoms with Gasteiger partial charge < -0.3 is 29.5 Å². The number of hydrogen-bond donors (Lipinski definition) is 3. The van der Waals surface area contributed by atoms with Gasteiger partial charge in [0, 0.05) is 18.6 Å². The second kappa shape index (κ2) is 6.64. The molecule has 4 aliphatic rings. The van der Waals surface area contributed by atoms with E-state index in [4.69, 9.17) is 14.2 Å². The zero-order chi connectivity index (χ0) is 23.2. The first-order chi connectivity index (χ1) is 14.4. The van der Waals surface area contributed by atoms with E-state index < -0.39 is 46.0 Å². The summed E-state index contributed by atoms with van der Waals surface area (Å²) >= 11 is 0. The highest BCUT2D eigenvalue weighted by Gasteiger charge is 2.96. The van der Waals surface area contributed by atoms with E-state index in [0.717, 1.165) is 0 Å². The summed E-state index contributed by atoms with van der Waals surface area (Å²) in [5, 5.41) is 36.6. The van der Waals surface area contributed by atoms with Crippen LogP contribution in [0.1, 0.15) is 60.8 Å². The molecular formula is C24H36O7. The Morgan fingerprint density at radius 2 is 1.94 bits per heavy atom. The minimum atomic E-state index is -2.13. The number of aliphatic hydroxyl groups is 3. The highest BCUT2D eigenvalue weighted by molar-refractivity contribution is 5.78. The highest BCUT2D eigenvalue weighted by Crippen LogP contribution is 2.78. The molecule has 0 aromatic rings. The lowest BCUT2D eigenvalue weighted by Gasteiger charge is -2.62. The maximum Gasteiger partial charge on any atom is 0.307 e. The Kier molecular flexibility index (Phi) is 4.91. The molecule has 0 spiro atoms. The van der Waals surface area contributed by atoms with E-state index >= 15 is 0 Å². The molecule has 174 valence electrons. The van der Waals surface area contributed by atoms with E-state index in [9.17, 15) is 20.1 Å². The molecule has 4 rings (SSSR count). The lowest BCUT2D eigenvalue weighted by molar-refractivity contribution is -0.325. The predicted octanol–water partition coefficient (Wildman–Crippen LogP) is 2.03. The Bertz CT molecular complexity index is 866. The Labute approximate surface area is 184 Å². The van der Waals surface area contributed by atoms with Gasteiger partial charge in [0.25, 0.3) is 0 Å². The standard InChI is InChI=1S/C24H36O7/c1-8-29-19-14(5)10-11-21(30-9-2)20(7)12-16(25)31-24(19,21)22(27)15(6)17(13(3)4)18(26)23(20,22)28/h14,18-19,26-28H,3,8-12H2,1-2,4-7H3/t14?,18?,19?,20-,21-,22?,23+,24?/m0/s1. The molecule has 1 saturated heterocycles. The summed E-state index contributed by atoms with van der Waals surface area (Å²) < 4.78 is 18.8. The van der Waals surface area contributed by atoms with Gasteiger partial charge in [-0.15, -0.1) is 0 Å². The molecule has 1 aliphatic heterocycles. The third kappa shape index (κ3) is 2.03. The fourth-order valence-corrected chi connectivity index (χ4v) is 7.84. The zero-order valence-corrected chi connectivity index (χ0v) is 19.4. The van der Waals surface area contributed by atoms with Crippen LogP contribution in [0.2, 0.25) is 0 Å². The summed E-state index contributed by atoms with van der Waals surface area (Å²) in [5.41, 5.74) is -7.22. The van der Waals surface area contributed by atoms with Crippen LogP contribution in [0.15, 0.2) is 23.3 Å². The van der Waals surface area contributed by atoms with E-state index in [0.29, 0.717) is 42.8 Å². The number of carbonyl (C=O) groups excluding carboxylic acids is 1. The monoisotopic (exact) mass is 436 g/mol. The summed E-state index contributed by atoms with van der Waals surface area (Å²) in [6.45, 7) is 15.4. The summed E-state index contributed by atoms with van der Waals surface area (Å²) in [6, 6.07) is 0. The molecule has 1 heterocycles. The second-order valence-electron chi connectivity index (χ2n) is 10.1. The van der Waals surface area contributed by atoms with E-state index in [2.05, 4.69) is 6.58 Å². The van der Waals surface area contributed by atoms with Crippen molar-refractivity contribution >= 4 is 5.97 Å². The molecular weight excluding hydrogens is 400 g/mol. The van der Waals surface area contributed by atoms with Gasteiger partial charge in [0.05, 0.1) is 6.42 Å². The molecule has 2 bridgehead atoms. The first-order valence-electron chi connectivity index (χ1n) is 11.3. The maximum absolute atomic E-state index is 13.1. The largest absolute Gasteiger partial charge is 0.449 e. The van der Waals surface area contributed by atoms with Crippen molar-refractivity contribution in [3.63, 3.8) is 0 Å². The van der Waals surface area contributed by atoms with Crippen LogP contribution in [0.25, 0.3) is 0 Å². The van der Waals surface area contributed by atoms with E-state index in [1.165, 1.54) is 0 Å². The van der Waals surface area contributed by atoms with Crippen LogP contribution in [-0.4, -0.2) is 69.1 Å². The van der Waals surface area contributed by atoms with Gasteiger partial charge in [-0.1, -0.05) is 26.0 Å². The van der Waals surface area contributed by atoms with Crippen LogP contribution < -0.4 is 0 Å². The molecule has 3 N–H and O–H groups in total. The van der Waals surface area contributed by atoms with Gasteiger partial charge in [-0.2, -0.15) is 0 Å². The van der Waals surface area contributed by atoms with Crippen LogP contribution in [0.4, 0.5) is 0 Å². The fourth-order valence-electron chi connectivity index (χ4n) is 7.84. The summed E-state index contributed by atoms with van der Waals surface area (Å²) in [7, 11) is 0. The average Bonchev–Trinajstić information content (AvgIpc) is 2.88. The molecule has 31 heavy (non-hydrogen) atoms. The van der Waals surface area contributed by atoms with Crippen molar-refractivity contribution in [1.29, 1.82) is 0 Å². The summed E-state index contributed by atoms with van der Waals surface area (Å²) in [5.74, 6) is -0.612. The number of ether oxygens (including phenoxy) is 3. The zero-order valence-electron chi connectivity index (χ0n) is 19.4. The maximum atomic E-state index is 13.1. The van der Waals surface area contributed by atoms with E-state index in [1.807, 2.05) is 20.8 Å². The minimum Gasteiger partial charge on any atom is -0.449 e. The van der Waals surface area contributed by atoms with Crippen molar-refractivity contribution in [3.8, 4) is 0 Å². The van der Waals surface area contributed by atoms with E-state index in [1.54, 1.807) is 20.8 Å². The van der Waals surface area contributed by atoms with Gasteiger partial charge in [-0.25, -0.2) is 0 Å². The van der Waals surface area contributed by atoms with Crippen LogP contribution in [0.5, 0.6) is 0 Å². The minimum absolute atomic E-state index is 0.0751. The van der Waals surface area contributed by atoms with Crippen molar-refractivity contribution in [2.45, 2.75) is 95.4 Å². The van der Waals surface area contributed by atoms with Crippen molar-refractivity contribution < 1.29 is 34.3 Å². The Morgan fingerprint density at radius 3 is 2.48 bits per heavy atom. The SMILES string of the molecule is C=C(C)C1=C(C)C2(O)C34OC(=O)C[C@@](C)([C@@]3(OCC)CCC(C)C4OCC)[C@]2(O)C1O. The average molecular weight is 437 g/mol. The van der Waals surface area contributed by atoms with Crippen molar-refractivity contribution in [3.05, 3.63) is 23.3 Å². The number of aliphatic hydroxyl groups excluding tert-OH is 1. The van der Waals surface area contributed by atoms with Gasteiger partial charge in [0.1, 0.15) is 23.4 Å². The molecule has 3 aliphatic carbocycles. The number of carbonyl (C=O) groups is 1. The summed E-state index contributed by atoms with van der Waals surface area (Å²) in [6.07, 6.45) is -1.20. The molecule has 2 saturated carbocycles. The molecule has 7 nitrogen and oxygen atoms in total. The number of rotatable bonds is 5. The lowest BCUT2D eigenvalue weighted by atomic mass is 9.55. The summed E-state index contributed by atoms with van der Waals surface area (Å²) in [4.78, 5) is 13.1. The molecule has 0 aromatic heterocycles. The second-order valence-corrected chi connectivity index (χ2v) is 10.1. The molecule has 5 unspecified atom stereocenters. The normalized spacial score (nSPS) is 50.9.